The molecule has 1 atom stereocenters. The molecule has 0 amide bonds. The molecule has 0 aliphatic heterocycles. The molecule has 0 spiro atoms. The van der Waals surface area contributed by atoms with Crippen LogP contribution >= 0.6 is 0 Å². The van der Waals surface area contributed by atoms with E-state index in [1.807, 2.05) is 27.7 Å². The van der Waals surface area contributed by atoms with E-state index >= 15 is 0 Å². The summed E-state index contributed by atoms with van der Waals surface area (Å²) in [6, 6.07) is 0. The number of nitrogens with zero attached hydrogens (tertiary/aromatic N) is 2. The fourth-order valence-corrected chi connectivity index (χ4v) is 1.36. The van der Waals surface area contributed by atoms with Crippen LogP contribution in [0.25, 0.3) is 0 Å². The molecular weight excluding hydrogens is 208 g/mol. The monoisotopic (exact) mass is 226 g/mol. The first-order valence-corrected chi connectivity index (χ1v) is 5.32. The maximum absolute atomic E-state index is 11.1. The molecule has 0 N–H and O–H groups in total. The Balaban J connectivity index is 2.97. The van der Waals surface area contributed by atoms with Crippen molar-refractivity contribution in [2.24, 2.45) is 5.41 Å². The Hall–Kier alpha value is -1.23. The molecule has 0 fully saturated rings. The highest BCUT2D eigenvalue weighted by Gasteiger charge is 2.31. The van der Waals surface area contributed by atoms with Crippen molar-refractivity contribution in [2.45, 2.75) is 40.7 Å². The third kappa shape index (κ3) is 2.88. The van der Waals surface area contributed by atoms with Gasteiger partial charge >= 0.3 is 0 Å². The van der Waals surface area contributed by atoms with Gasteiger partial charge in [-0.2, -0.15) is 4.98 Å². The fraction of sp³-hybridized carbons (Fsp3) is 0.727. The van der Waals surface area contributed by atoms with Gasteiger partial charge in [0.2, 0.25) is 11.6 Å². The molecule has 0 saturated carbocycles. The molecule has 0 radical (unpaired) electrons. The van der Waals surface area contributed by atoms with Gasteiger partial charge in [-0.05, 0) is 12.3 Å². The average Bonchev–Trinajstić information content (AvgIpc) is 2.60. The van der Waals surface area contributed by atoms with E-state index in [0.717, 1.165) is 0 Å². The van der Waals surface area contributed by atoms with Crippen LogP contribution in [0, 0.1) is 5.41 Å². The van der Waals surface area contributed by atoms with Gasteiger partial charge in [0.1, 0.15) is 6.10 Å². The van der Waals surface area contributed by atoms with Crippen molar-refractivity contribution in [1.82, 2.24) is 10.1 Å². The highest BCUT2D eigenvalue weighted by Crippen LogP contribution is 2.34. The summed E-state index contributed by atoms with van der Waals surface area (Å²) < 4.78 is 10.4. The van der Waals surface area contributed by atoms with E-state index in [2.05, 4.69) is 10.1 Å². The summed E-state index contributed by atoms with van der Waals surface area (Å²) in [4.78, 5) is 15.1. The Morgan fingerprint density at radius 3 is 2.50 bits per heavy atom. The Morgan fingerprint density at radius 1 is 1.50 bits per heavy atom. The van der Waals surface area contributed by atoms with Crippen LogP contribution in [0.1, 0.15) is 57.2 Å². The van der Waals surface area contributed by atoms with Crippen molar-refractivity contribution < 1.29 is 14.1 Å². The molecule has 0 bridgehead atoms. The lowest BCUT2D eigenvalue weighted by Gasteiger charge is -2.27. The molecule has 5 nitrogen and oxygen atoms in total. The highest BCUT2D eigenvalue weighted by molar-refractivity contribution is 5.89. The van der Waals surface area contributed by atoms with Gasteiger partial charge in [-0.15, -0.1) is 0 Å². The van der Waals surface area contributed by atoms with Crippen LogP contribution in [0.15, 0.2) is 4.52 Å². The van der Waals surface area contributed by atoms with Crippen molar-refractivity contribution in [1.29, 1.82) is 0 Å². The number of hydrogen-bond acceptors (Lipinski definition) is 5. The summed E-state index contributed by atoms with van der Waals surface area (Å²) in [5.74, 6) is 0.228. The number of ketones is 1. The zero-order chi connectivity index (χ0) is 12.3. The molecule has 1 aromatic rings. The molecule has 1 unspecified atom stereocenters. The number of carbonyl (C=O) groups excluding carboxylic acids is 1. The van der Waals surface area contributed by atoms with Gasteiger partial charge in [0.25, 0.3) is 5.89 Å². The molecule has 5 heteroatoms. The topological polar surface area (TPSA) is 65.2 Å². The summed E-state index contributed by atoms with van der Waals surface area (Å²) in [6.07, 6.45) is -0.269. The largest absolute Gasteiger partial charge is 0.370 e. The minimum absolute atomic E-state index is 0.0314. The lowest BCUT2D eigenvalue weighted by atomic mass is 9.88. The summed E-state index contributed by atoms with van der Waals surface area (Å²) in [6.45, 7) is 9.94. The minimum Gasteiger partial charge on any atom is -0.370 e. The number of hydrogen-bond donors (Lipinski definition) is 0. The van der Waals surface area contributed by atoms with Crippen molar-refractivity contribution in [2.75, 3.05) is 6.61 Å². The third-order valence-electron chi connectivity index (χ3n) is 2.10. The molecule has 0 aliphatic carbocycles. The normalized spacial score (nSPS) is 13.8. The van der Waals surface area contributed by atoms with Gasteiger partial charge < -0.3 is 9.26 Å². The van der Waals surface area contributed by atoms with Crippen LogP contribution in [-0.4, -0.2) is 22.5 Å². The molecular formula is C11H18N2O3. The fourth-order valence-electron chi connectivity index (χ4n) is 1.36. The summed E-state index contributed by atoms with van der Waals surface area (Å²) >= 11 is 0. The molecule has 1 heterocycles. The van der Waals surface area contributed by atoms with E-state index in [1.54, 1.807) is 0 Å². The highest BCUT2D eigenvalue weighted by atomic mass is 16.5. The van der Waals surface area contributed by atoms with Gasteiger partial charge in [-0.1, -0.05) is 25.9 Å². The van der Waals surface area contributed by atoms with E-state index in [9.17, 15) is 4.79 Å². The van der Waals surface area contributed by atoms with Crippen molar-refractivity contribution in [3.63, 3.8) is 0 Å². The van der Waals surface area contributed by atoms with E-state index in [-0.39, 0.29) is 23.2 Å². The average molecular weight is 226 g/mol. The van der Waals surface area contributed by atoms with Gasteiger partial charge in [-0.3, -0.25) is 4.79 Å². The predicted molar refractivity (Wildman–Crippen MR) is 58.1 cm³/mol. The molecule has 1 aromatic heterocycles. The van der Waals surface area contributed by atoms with Crippen LogP contribution in [0.2, 0.25) is 0 Å². The zero-order valence-electron chi connectivity index (χ0n) is 10.4. The van der Waals surface area contributed by atoms with Crippen LogP contribution < -0.4 is 0 Å². The second-order valence-electron chi connectivity index (χ2n) is 4.72. The van der Waals surface area contributed by atoms with Crippen molar-refractivity contribution in [3.05, 3.63) is 11.7 Å². The second kappa shape index (κ2) is 4.74. The van der Waals surface area contributed by atoms with E-state index < -0.39 is 0 Å². The number of rotatable bonds is 4. The maximum atomic E-state index is 11.1. The lowest BCUT2D eigenvalue weighted by Crippen LogP contribution is -2.22. The van der Waals surface area contributed by atoms with Crippen LogP contribution in [0.3, 0.4) is 0 Å². The molecule has 16 heavy (non-hydrogen) atoms. The SMILES string of the molecule is CCOC(c1noc(C(C)=O)n1)C(C)(C)C. The van der Waals surface area contributed by atoms with Gasteiger partial charge in [0.15, 0.2) is 0 Å². The Labute approximate surface area is 95.2 Å². The lowest BCUT2D eigenvalue weighted by molar-refractivity contribution is -0.0203. The number of Topliss-reactive ketones (excluding diaryl/α,β-unsaturated/α-hetero) is 1. The molecule has 90 valence electrons. The van der Waals surface area contributed by atoms with Crippen LogP contribution in [-0.2, 0) is 4.74 Å². The summed E-state index contributed by atoms with van der Waals surface area (Å²) in [7, 11) is 0. The molecule has 0 saturated heterocycles. The van der Waals surface area contributed by atoms with Crippen molar-refractivity contribution in [3.8, 4) is 0 Å². The predicted octanol–water partition coefficient (Wildman–Crippen LogP) is 2.40. The van der Waals surface area contributed by atoms with E-state index in [1.165, 1.54) is 6.92 Å². The van der Waals surface area contributed by atoms with Gasteiger partial charge in [-0.25, -0.2) is 0 Å². The first kappa shape index (κ1) is 12.8. The van der Waals surface area contributed by atoms with Crippen molar-refractivity contribution >= 4 is 5.78 Å². The Bertz CT molecular complexity index is 366. The van der Waals surface area contributed by atoms with Crippen LogP contribution in [0.5, 0.6) is 0 Å². The zero-order valence-corrected chi connectivity index (χ0v) is 10.4. The molecule has 0 aromatic carbocycles. The quantitative estimate of drug-likeness (QED) is 0.737. The number of ether oxygens (including phenoxy) is 1. The number of carbonyl (C=O) groups is 1. The molecule has 0 aliphatic rings. The Morgan fingerprint density at radius 2 is 2.12 bits per heavy atom. The van der Waals surface area contributed by atoms with Crippen LogP contribution in [0.4, 0.5) is 0 Å². The smallest absolute Gasteiger partial charge is 0.293 e. The second-order valence-corrected chi connectivity index (χ2v) is 4.72. The standard InChI is InChI=1S/C11H18N2O3/c1-6-15-8(11(3,4)5)9-12-10(7(2)14)16-13-9/h8H,6H2,1-5H3. The maximum Gasteiger partial charge on any atom is 0.293 e. The van der Waals surface area contributed by atoms with Gasteiger partial charge in [0.05, 0.1) is 0 Å². The first-order chi connectivity index (χ1) is 7.36. The minimum atomic E-state index is -0.269. The van der Waals surface area contributed by atoms with E-state index in [0.29, 0.717) is 12.4 Å². The van der Waals surface area contributed by atoms with Gasteiger partial charge in [0, 0.05) is 13.5 Å². The first-order valence-electron chi connectivity index (χ1n) is 5.32. The molecule has 1 rings (SSSR count). The third-order valence-corrected chi connectivity index (χ3v) is 2.10. The number of aromatic nitrogens is 2. The Kier molecular flexibility index (Phi) is 3.80. The summed E-state index contributed by atoms with van der Waals surface area (Å²) in [5.41, 5.74) is -0.145. The van der Waals surface area contributed by atoms with E-state index in [4.69, 9.17) is 9.26 Å². The summed E-state index contributed by atoms with van der Waals surface area (Å²) in [5, 5.41) is 3.79.